The van der Waals surface area contributed by atoms with Crippen molar-refractivity contribution in [3.8, 4) is 6.07 Å². The van der Waals surface area contributed by atoms with Crippen LogP contribution in [0.15, 0.2) is 11.1 Å². The van der Waals surface area contributed by atoms with Crippen LogP contribution in [0.5, 0.6) is 0 Å². The van der Waals surface area contributed by atoms with Gasteiger partial charge in [0.2, 0.25) is 0 Å². The van der Waals surface area contributed by atoms with Crippen LogP contribution < -0.4 is 0 Å². The van der Waals surface area contributed by atoms with Gasteiger partial charge >= 0.3 is 0 Å². The Hall–Kier alpha value is -0.810. The lowest BCUT2D eigenvalue weighted by Gasteiger charge is -2.60. The minimum Gasteiger partial charge on any atom is -0.393 e. The first-order chi connectivity index (χ1) is 14.2. The lowest BCUT2D eigenvalue weighted by molar-refractivity contribution is -0.0786. The van der Waals surface area contributed by atoms with Crippen LogP contribution in [0.25, 0.3) is 0 Å². The van der Waals surface area contributed by atoms with Crippen molar-refractivity contribution in [1.82, 2.24) is 0 Å². The van der Waals surface area contributed by atoms with E-state index in [1.807, 2.05) is 5.57 Å². The second-order valence-corrected chi connectivity index (χ2v) is 12.5. The zero-order valence-corrected chi connectivity index (χ0v) is 20.3. The molecular formula is C28H45NO. The summed E-state index contributed by atoms with van der Waals surface area (Å²) < 4.78 is 0. The zero-order valence-electron chi connectivity index (χ0n) is 20.3. The summed E-state index contributed by atoms with van der Waals surface area (Å²) in [5.41, 5.74) is 3.74. The van der Waals surface area contributed by atoms with Crippen molar-refractivity contribution in [2.45, 2.75) is 118 Å². The van der Waals surface area contributed by atoms with E-state index in [1.54, 1.807) is 5.57 Å². The van der Waals surface area contributed by atoms with E-state index in [1.165, 1.54) is 44.9 Å². The third-order valence-corrected chi connectivity index (χ3v) is 10.6. The molecule has 0 aromatic rings. The summed E-state index contributed by atoms with van der Waals surface area (Å²) in [7, 11) is 0. The van der Waals surface area contributed by atoms with Gasteiger partial charge in [0.15, 0.2) is 0 Å². The van der Waals surface area contributed by atoms with Gasteiger partial charge in [-0.1, -0.05) is 65.0 Å². The maximum absolute atomic E-state index is 10.4. The van der Waals surface area contributed by atoms with Crippen LogP contribution in [0.3, 0.4) is 0 Å². The van der Waals surface area contributed by atoms with E-state index in [4.69, 9.17) is 0 Å². The molecule has 3 saturated carbocycles. The Labute approximate surface area is 185 Å². The summed E-state index contributed by atoms with van der Waals surface area (Å²) >= 11 is 0. The largest absolute Gasteiger partial charge is 0.393 e. The highest BCUT2D eigenvalue weighted by atomic mass is 16.3. The van der Waals surface area contributed by atoms with E-state index in [0.29, 0.717) is 17.8 Å². The van der Waals surface area contributed by atoms with Gasteiger partial charge in [-0.3, -0.25) is 0 Å². The Morgan fingerprint density at radius 3 is 2.50 bits per heavy atom. The van der Waals surface area contributed by atoms with E-state index in [0.717, 1.165) is 43.4 Å². The normalized spacial score (nSPS) is 44.3. The van der Waals surface area contributed by atoms with Gasteiger partial charge < -0.3 is 5.11 Å². The second kappa shape index (κ2) is 7.95. The minimum atomic E-state index is -0.310. The van der Waals surface area contributed by atoms with E-state index in [-0.39, 0.29) is 16.9 Å². The molecule has 1 N–H and O–H groups in total. The molecule has 0 aliphatic heterocycles. The van der Waals surface area contributed by atoms with Crippen molar-refractivity contribution in [3.63, 3.8) is 0 Å². The number of rotatable bonds is 5. The molecule has 3 fully saturated rings. The summed E-state index contributed by atoms with van der Waals surface area (Å²) in [4.78, 5) is 0. The molecule has 7 atom stereocenters. The molecule has 0 aromatic heterocycles. The highest BCUT2D eigenvalue weighted by molar-refractivity contribution is 5.37. The van der Waals surface area contributed by atoms with Crippen LogP contribution in [0.1, 0.15) is 112 Å². The standard InChI is InChI=1S/C28H45NO/c1-19(2)7-6-8-20(3)23-9-10-24-22-12-16-28(18-29)17-21(30)11-15-27(28,5)25(22)13-14-26(23,24)4/h19-21,23,25,30H,6-17H2,1-5H3/t20-,21+,23-,25+,26-,27-,28-/m1/s1. The Bertz CT molecular complexity index is 731. The molecule has 4 aliphatic rings. The molecule has 0 aromatic carbocycles. The van der Waals surface area contributed by atoms with Gasteiger partial charge in [0, 0.05) is 0 Å². The van der Waals surface area contributed by atoms with Crippen molar-refractivity contribution in [2.75, 3.05) is 0 Å². The first-order valence-corrected chi connectivity index (χ1v) is 13.0. The molecular weight excluding hydrogens is 366 g/mol. The molecule has 168 valence electrons. The summed E-state index contributed by atoms with van der Waals surface area (Å²) in [5.74, 6) is 3.07. The summed E-state index contributed by atoms with van der Waals surface area (Å²) in [5, 5.41) is 20.6. The van der Waals surface area contributed by atoms with Gasteiger partial charge in [-0.2, -0.15) is 5.26 Å². The predicted octanol–water partition coefficient (Wildman–Crippen LogP) is 7.43. The second-order valence-electron chi connectivity index (χ2n) is 12.5. The number of aliphatic hydroxyl groups is 1. The molecule has 2 heteroatoms. The molecule has 0 saturated heterocycles. The number of nitriles is 1. The quantitative estimate of drug-likeness (QED) is 0.478. The zero-order chi connectivity index (χ0) is 21.7. The van der Waals surface area contributed by atoms with Crippen LogP contribution >= 0.6 is 0 Å². The maximum Gasteiger partial charge on any atom is 0.0696 e. The Morgan fingerprint density at radius 2 is 1.80 bits per heavy atom. The number of hydrogen-bond donors (Lipinski definition) is 1. The number of fused-ring (bicyclic) bond motifs is 4. The highest BCUT2D eigenvalue weighted by Crippen LogP contribution is 2.69. The number of nitrogens with zero attached hydrogens (tertiary/aromatic N) is 1. The molecule has 0 amide bonds. The van der Waals surface area contributed by atoms with E-state index in [2.05, 4.69) is 40.7 Å². The van der Waals surface area contributed by atoms with Gasteiger partial charge in [-0.15, -0.1) is 0 Å². The number of allylic oxidation sites excluding steroid dienone is 2. The SMILES string of the molecule is CC(C)CCC[C@@H](C)[C@H]1CCC2=C3CC[C@]4(C#N)C[C@@H](O)CC[C@]4(C)[C@H]3CC[C@@]21C. The van der Waals surface area contributed by atoms with Crippen LogP contribution in [0.2, 0.25) is 0 Å². The van der Waals surface area contributed by atoms with Crippen molar-refractivity contribution >= 4 is 0 Å². The third-order valence-electron chi connectivity index (χ3n) is 10.6. The van der Waals surface area contributed by atoms with Crippen molar-refractivity contribution in [2.24, 2.45) is 39.9 Å². The minimum absolute atomic E-state index is 0.0594. The van der Waals surface area contributed by atoms with E-state index in [9.17, 15) is 10.4 Å². The molecule has 4 aliphatic carbocycles. The van der Waals surface area contributed by atoms with Crippen molar-refractivity contribution < 1.29 is 5.11 Å². The Morgan fingerprint density at radius 1 is 1.03 bits per heavy atom. The number of aliphatic hydroxyl groups excluding tert-OH is 1. The Kier molecular flexibility index (Phi) is 5.93. The molecule has 30 heavy (non-hydrogen) atoms. The summed E-state index contributed by atoms with van der Waals surface area (Å²) in [6, 6.07) is 2.77. The average molecular weight is 412 g/mol. The fraction of sp³-hybridized carbons (Fsp3) is 0.893. The first-order valence-electron chi connectivity index (χ1n) is 13.0. The molecule has 4 rings (SSSR count). The Balaban J connectivity index is 1.60. The van der Waals surface area contributed by atoms with Gasteiger partial charge in [0.05, 0.1) is 17.6 Å². The van der Waals surface area contributed by atoms with Gasteiger partial charge in [-0.05, 0) is 92.3 Å². The van der Waals surface area contributed by atoms with Crippen LogP contribution in [0.4, 0.5) is 0 Å². The smallest absolute Gasteiger partial charge is 0.0696 e. The predicted molar refractivity (Wildman–Crippen MR) is 124 cm³/mol. The number of hydrogen-bond acceptors (Lipinski definition) is 2. The van der Waals surface area contributed by atoms with Gasteiger partial charge in [-0.25, -0.2) is 0 Å². The van der Waals surface area contributed by atoms with Crippen LogP contribution in [-0.4, -0.2) is 11.2 Å². The molecule has 0 spiro atoms. The van der Waals surface area contributed by atoms with Crippen LogP contribution in [-0.2, 0) is 0 Å². The third kappa shape index (κ3) is 3.30. The van der Waals surface area contributed by atoms with Crippen molar-refractivity contribution in [1.29, 1.82) is 5.26 Å². The molecule has 0 heterocycles. The summed E-state index contributed by atoms with van der Waals surface area (Å²) in [6.07, 6.45) is 13.8. The monoisotopic (exact) mass is 411 g/mol. The topological polar surface area (TPSA) is 44.0 Å². The molecule has 2 nitrogen and oxygen atoms in total. The highest BCUT2D eigenvalue weighted by Gasteiger charge is 2.61. The van der Waals surface area contributed by atoms with Gasteiger partial charge in [0.25, 0.3) is 0 Å². The fourth-order valence-corrected chi connectivity index (χ4v) is 8.73. The van der Waals surface area contributed by atoms with E-state index < -0.39 is 0 Å². The van der Waals surface area contributed by atoms with E-state index >= 15 is 0 Å². The fourth-order valence-electron chi connectivity index (χ4n) is 8.73. The average Bonchev–Trinajstić information content (AvgIpc) is 3.05. The lowest BCUT2D eigenvalue weighted by atomic mass is 9.43. The molecule has 0 radical (unpaired) electrons. The van der Waals surface area contributed by atoms with Gasteiger partial charge in [0.1, 0.15) is 0 Å². The van der Waals surface area contributed by atoms with Crippen molar-refractivity contribution in [3.05, 3.63) is 11.1 Å². The lowest BCUT2D eigenvalue weighted by Crippen LogP contribution is -2.54. The maximum atomic E-state index is 10.4. The first kappa shape index (κ1) is 22.4. The summed E-state index contributed by atoms with van der Waals surface area (Å²) in [6.45, 7) is 12.2. The van der Waals surface area contributed by atoms with Crippen LogP contribution in [0, 0.1) is 51.2 Å². The molecule has 0 bridgehead atoms. The molecule has 0 unspecified atom stereocenters.